The molecule has 3 rings (SSSR count). The van der Waals surface area contributed by atoms with Gasteiger partial charge in [-0.15, -0.1) is 0 Å². The second-order valence-electron chi connectivity index (χ2n) is 17.7. The second-order valence-corrected chi connectivity index (χ2v) is 19.0. The highest BCUT2D eigenvalue weighted by Crippen LogP contribution is 2.33. The Morgan fingerprint density at radius 1 is 0.648 bits per heavy atom. The number of carbonyl (C=O) groups is 9. The van der Waals surface area contributed by atoms with Crippen molar-refractivity contribution in [3.8, 4) is 0 Å². The lowest BCUT2D eigenvalue weighted by molar-refractivity contribution is -0.143. The maximum atomic E-state index is 13.5. The summed E-state index contributed by atoms with van der Waals surface area (Å²) in [7, 11) is 0. The minimum atomic E-state index is -1.45. The molecule has 2 aliphatic heterocycles. The fourth-order valence-corrected chi connectivity index (χ4v) is 9.01. The van der Waals surface area contributed by atoms with Gasteiger partial charge in [0.15, 0.2) is 0 Å². The topological polar surface area (TPSA) is 327 Å². The van der Waals surface area contributed by atoms with E-state index in [1.165, 1.54) is 13.8 Å². The number of thioether (sulfide) groups is 1. The first kappa shape index (κ1) is 59.7. The van der Waals surface area contributed by atoms with E-state index >= 15 is 0 Å². The van der Waals surface area contributed by atoms with Crippen molar-refractivity contribution in [2.24, 2.45) is 5.92 Å². The van der Waals surface area contributed by atoms with Crippen molar-refractivity contribution in [2.45, 2.75) is 133 Å². The van der Waals surface area contributed by atoms with Crippen LogP contribution in [0.15, 0.2) is 30.3 Å². The summed E-state index contributed by atoms with van der Waals surface area (Å²) in [4.78, 5) is 112. The Morgan fingerprint density at radius 3 is 1.86 bits per heavy atom. The van der Waals surface area contributed by atoms with E-state index < -0.39 is 78.1 Å². The summed E-state index contributed by atoms with van der Waals surface area (Å²) in [5, 5.41) is 40.7. The van der Waals surface area contributed by atoms with Crippen LogP contribution in [-0.2, 0) is 63.7 Å². The zero-order chi connectivity index (χ0) is 52.1. The van der Waals surface area contributed by atoms with Gasteiger partial charge >= 0.3 is 18.0 Å². The third-order valence-electron chi connectivity index (χ3n) is 11.3. The number of hydrogen-bond acceptors (Lipinski definition) is 14. The van der Waals surface area contributed by atoms with Crippen molar-refractivity contribution in [1.82, 2.24) is 42.5 Å². The SMILES string of the molecule is CC(C)C[C@H](NC(=O)[C@H](C)NC(=O)[C@H](C)NC(=O)CCOCCOCCOCCOCCNC(=O)CCCC[C@@H]1SC[C@@H]2NC(=O)N[C@@H]21)C(=O)N[C@@H](CCC(=O)O)C(=O)N[C@@H](Cc1ccccc1)C(=O)O. The fraction of sp³-hybridized carbons (Fsp3) is 0.681. The monoisotopic (exact) mass is 1020 g/mol. The van der Waals surface area contributed by atoms with Crippen LogP contribution in [0.2, 0.25) is 0 Å². The highest BCUT2D eigenvalue weighted by Gasteiger charge is 2.42. The predicted octanol–water partition coefficient (Wildman–Crippen LogP) is -0.0131. The molecule has 24 heteroatoms. The van der Waals surface area contributed by atoms with Crippen LogP contribution >= 0.6 is 11.8 Å². The highest BCUT2D eigenvalue weighted by atomic mass is 32.2. The van der Waals surface area contributed by atoms with E-state index in [0.717, 1.165) is 25.0 Å². The van der Waals surface area contributed by atoms with Gasteiger partial charge in [-0.1, -0.05) is 50.6 Å². The second kappa shape index (κ2) is 33.2. The maximum Gasteiger partial charge on any atom is 0.326 e. The molecule has 0 radical (unpaired) electrons. The largest absolute Gasteiger partial charge is 0.481 e. The summed E-state index contributed by atoms with van der Waals surface area (Å²) in [5.74, 6) is -5.46. The summed E-state index contributed by atoms with van der Waals surface area (Å²) in [5.41, 5.74) is 0.625. The van der Waals surface area contributed by atoms with Crippen LogP contribution in [0.1, 0.15) is 84.6 Å². The number of carbonyl (C=O) groups excluding carboxylic acids is 7. The number of carboxylic acid groups (broad SMARTS) is 2. The highest BCUT2D eigenvalue weighted by molar-refractivity contribution is 8.00. The smallest absolute Gasteiger partial charge is 0.326 e. The molecular weight excluding hydrogens is 949 g/mol. The molecule has 71 heavy (non-hydrogen) atoms. The van der Waals surface area contributed by atoms with Crippen molar-refractivity contribution in [2.75, 3.05) is 65.2 Å². The molecule has 0 saturated carbocycles. The fourth-order valence-electron chi connectivity index (χ4n) is 7.47. The van der Waals surface area contributed by atoms with Crippen molar-refractivity contribution in [1.29, 1.82) is 0 Å². The average molecular weight is 1020 g/mol. The van der Waals surface area contributed by atoms with Crippen molar-refractivity contribution < 1.29 is 72.3 Å². The molecule has 2 heterocycles. The Morgan fingerprint density at radius 2 is 1.23 bits per heavy atom. The van der Waals surface area contributed by atoms with Crippen LogP contribution < -0.4 is 42.5 Å². The zero-order valence-electron chi connectivity index (χ0n) is 41.1. The minimum Gasteiger partial charge on any atom is -0.481 e. The van der Waals surface area contributed by atoms with E-state index in [1.807, 2.05) is 11.8 Å². The Hall–Kier alpha value is -5.56. The van der Waals surface area contributed by atoms with Crippen LogP contribution in [0.25, 0.3) is 0 Å². The first-order chi connectivity index (χ1) is 33.9. The lowest BCUT2D eigenvalue weighted by Crippen LogP contribution is -2.58. The summed E-state index contributed by atoms with van der Waals surface area (Å²) < 4.78 is 21.9. The Bertz CT molecular complexity index is 1880. The predicted molar refractivity (Wildman–Crippen MR) is 260 cm³/mol. The molecule has 8 amide bonds. The molecular formula is C47H74N8O15S. The van der Waals surface area contributed by atoms with Gasteiger partial charge < -0.3 is 71.7 Å². The van der Waals surface area contributed by atoms with Crippen molar-refractivity contribution in [3.05, 3.63) is 35.9 Å². The third kappa shape index (κ3) is 24.4. The molecule has 1 aromatic carbocycles. The number of carboxylic acids is 2. The van der Waals surface area contributed by atoms with Crippen molar-refractivity contribution >= 4 is 65.2 Å². The lowest BCUT2D eigenvalue weighted by atomic mass is 10.0. The summed E-state index contributed by atoms with van der Waals surface area (Å²) >= 11 is 1.87. The van der Waals surface area contributed by atoms with Crippen LogP contribution in [0.4, 0.5) is 4.79 Å². The summed E-state index contributed by atoms with van der Waals surface area (Å²) in [6.45, 7) is 9.08. The standard InChI is InChI=1S/C47H74N8O15S/c1-29(2)26-34(45(63)51-33(14-15-40(58)59)44(62)53-35(46(64)65)27-32-10-6-5-7-11-32)52-43(61)31(4)50-42(60)30(3)49-39(57)16-18-67-20-22-69-24-25-70-23-21-68-19-17-48-38(56)13-9-8-12-37-41-36(28-71-37)54-47(66)55-41/h5-7,10-11,29-31,33-37,41H,8-9,12-28H2,1-4H3,(H,48,56)(H,49,57)(H,50,60)(H,51,63)(H,52,61)(H,53,62)(H,58,59)(H,64,65)(H2,54,55,66)/t30-,31-,33-,34-,35-,36-,37-,41-/m0/s1. The van der Waals surface area contributed by atoms with Gasteiger partial charge in [0.1, 0.15) is 30.2 Å². The first-order valence-electron chi connectivity index (χ1n) is 24.2. The molecule has 2 aliphatic rings. The Balaban J connectivity index is 1.23. The molecule has 398 valence electrons. The number of urea groups is 1. The quantitative estimate of drug-likeness (QED) is 0.0310. The Kier molecular flexibility index (Phi) is 27.9. The van der Waals surface area contributed by atoms with E-state index in [1.54, 1.807) is 44.2 Å². The number of fused-ring (bicyclic) bond motifs is 1. The maximum absolute atomic E-state index is 13.5. The molecule has 23 nitrogen and oxygen atoms in total. The number of aliphatic carboxylic acids is 2. The van der Waals surface area contributed by atoms with Gasteiger partial charge in [0.2, 0.25) is 35.4 Å². The van der Waals surface area contributed by atoms with Crippen LogP contribution in [0, 0.1) is 5.92 Å². The van der Waals surface area contributed by atoms with Crippen LogP contribution in [-0.4, -0.2) is 176 Å². The number of benzene rings is 1. The molecule has 1 aromatic rings. The lowest BCUT2D eigenvalue weighted by Gasteiger charge is -2.26. The van der Waals surface area contributed by atoms with Gasteiger partial charge in [-0.3, -0.25) is 33.6 Å². The van der Waals surface area contributed by atoms with Gasteiger partial charge in [0, 0.05) is 43.2 Å². The van der Waals surface area contributed by atoms with Gasteiger partial charge in [-0.25, -0.2) is 9.59 Å². The number of ether oxygens (including phenoxy) is 4. The molecule has 2 fully saturated rings. The minimum absolute atomic E-state index is 0.0130. The third-order valence-corrected chi connectivity index (χ3v) is 12.8. The number of hydrogen-bond donors (Lipinski definition) is 10. The van der Waals surface area contributed by atoms with E-state index in [2.05, 4.69) is 42.5 Å². The van der Waals surface area contributed by atoms with Crippen LogP contribution in [0.3, 0.4) is 0 Å². The van der Waals surface area contributed by atoms with Gasteiger partial charge in [0.25, 0.3) is 0 Å². The van der Waals surface area contributed by atoms with E-state index in [-0.39, 0.29) is 75.4 Å². The van der Waals surface area contributed by atoms with Gasteiger partial charge in [0.05, 0.1) is 64.9 Å². The van der Waals surface area contributed by atoms with Gasteiger partial charge in [-0.2, -0.15) is 11.8 Å². The normalized spacial score (nSPS) is 18.1. The molecule has 0 spiro atoms. The van der Waals surface area contributed by atoms with E-state index in [0.29, 0.717) is 56.8 Å². The molecule has 0 unspecified atom stereocenters. The van der Waals surface area contributed by atoms with E-state index in [4.69, 9.17) is 18.9 Å². The number of rotatable bonds is 37. The molecule has 8 atom stereocenters. The molecule has 0 bridgehead atoms. The van der Waals surface area contributed by atoms with E-state index in [9.17, 15) is 53.4 Å². The number of unbranched alkanes of at least 4 members (excludes halogenated alkanes) is 1. The van der Waals surface area contributed by atoms with Gasteiger partial charge in [-0.05, 0) is 51.0 Å². The summed E-state index contributed by atoms with van der Waals surface area (Å²) in [6, 6.07) is 2.57. The number of nitrogens with one attached hydrogen (secondary N) is 8. The zero-order valence-corrected chi connectivity index (χ0v) is 41.9. The summed E-state index contributed by atoms with van der Waals surface area (Å²) in [6.07, 6.45) is 2.23. The molecule has 0 aromatic heterocycles. The molecule has 0 aliphatic carbocycles. The molecule has 10 N–H and O–H groups in total. The first-order valence-corrected chi connectivity index (χ1v) is 25.2. The van der Waals surface area contributed by atoms with Crippen molar-refractivity contribution in [3.63, 3.8) is 0 Å². The number of amides is 8. The molecule has 2 saturated heterocycles. The average Bonchev–Trinajstić information content (AvgIpc) is 3.88. The van der Waals surface area contributed by atoms with Crippen LogP contribution in [0.5, 0.6) is 0 Å². The Labute approximate surface area is 418 Å².